The van der Waals surface area contributed by atoms with Crippen LogP contribution in [0.1, 0.15) is 23.1 Å². The first-order valence-corrected chi connectivity index (χ1v) is 11.9. The normalized spacial score (nSPS) is 31.9. The van der Waals surface area contributed by atoms with Gasteiger partial charge < -0.3 is 5.32 Å². The summed E-state index contributed by atoms with van der Waals surface area (Å²) >= 11 is 0. The van der Waals surface area contributed by atoms with Crippen molar-refractivity contribution in [3.8, 4) is 0 Å². The maximum Gasteiger partial charge on any atom is 0.248 e. The van der Waals surface area contributed by atoms with E-state index in [9.17, 15) is 14.4 Å². The van der Waals surface area contributed by atoms with Crippen molar-refractivity contribution in [2.75, 3.05) is 5.32 Å². The lowest BCUT2D eigenvalue weighted by Gasteiger charge is -2.37. The molecule has 4 aliphatic carbocycles. The molecule has 0 radical (unpaired) electrons. The summed E-state index contributed by atoms with van der Waals surface area (Å²) in [6, 6.07) is 14.5. The highest BCUT2D eigenvalue weighted by Crippen LogP contribution is 2.65. The van der Waals surface area contributed by atoms with Gasteiger partial charge in [0.15, 0.2) is 0 Å². The maximum absolute atomic E-state index is 13.7. The average Bonchev–Trinajstić information content (AvgIpc) is 3.59. The fourth-order valence-corrected chi connectivity index (χ4v) is 6.47. The van der Waals surface area contributed by atoms with Crippen LogP contribution in [0, 0.1) is 49.4 Å². The highest BCUT2D eigenvalue weighted by molar-refractivity contribution is 6.10. The molecule has 3 fully saturated rings. The maximum atomic E-state index is 13.7. The monoisotopic (exact) mass is 440 g/mol. The van der Waals surface area contributed by atoms with Gasteiger partial charge >= 0.3 is 0 Å². The molecule has 2 saturated carbocycles. The molecule has 0 unspecified atom stereocenters. The van der Waals surface area contributed by atoms with Crippen LogP contribution in [0.25, 0.3) is 0 Å². The van der Waals surface area contributed by atoms with E-state index in [-0.39, 0.29) is 41.4 Å². The second kappa shape index (κ2) is 7.41. The predicted octanol–water partition coefficient (Wildman–Crippen LogP) is 3.91. The Bertz CT molecular complexity index is 1150. The summed E-state index contributed by atoms with van der Waals surface area (Å²) in [7, 11) is 0. The quantitative estimate of drug-likeness (QED) is 0.566. The SMILES string of the molecule is Cc1ccc(NC(=O)[C@H](Cc2ccccc2)N2C(=O)[C@@H]3[C@H]4C=C[C@@H]([C@@H]5C[C@H]45)[C@@H]3C2=O)cc1C. The van der Waals surface area contributed by atoms with Crippen LogP contribution >= 0.6 is 0 Å². The van der Waals surface area contributed by atoms with Crippen molar-refractivity contribution < 1.29 is 14.4 Å². The molecule has 168 valence electrons. The Morgan fingerprint density at radius 2 is 1.58 bits per heavy atom. The topological polar surface area (TPSA) is 66.5 Å². The summed E-state index contributed by atoms with van der Waals surface area (Å²) in [5, 5.41) is 2.98. The minimum atomic E-state index is -0.865. The smallest absolute Gasteiger partial charge is 0.248 e. The van der Waals surface area contributed by atoms with Crippen molar-refractivity contribution in [3.63, 3.8) is 0 Å². The molecular weight excluding hydrogens is 412 g/mol. The van der Waals surface area contributed by atoms with Crippen LogP contribution in [-0.2, 0) is 20.8 Å². The summed E-state index contributed by atoms with van der Waals surface area (Å²) in [5.41, 5.74) is 3.83. The van der Waals surface area contributed by atoms with Crippen molar-refractivity contribution in [3.05, 3.63) is 77.4 Å². The van der Waals surface area contributed by atoms with E-state index in [1.165, 1.54) is 4.90 Å². The van der Waals surface area contributed by atoms with Crippen LogP contribution in [0.4, 0.5) is 5.69 Å². The van der Waals surface area contributed by atoms with Crippen LogP contribution in [0.3, 0.4) is 0 Å². The van der Waals surface area contributed by atoms with Gasteiger partial charge in [-0.05, 0) is 72.8 Å². The van der Waals surface area contributed by atoms with Crippen molar-refractivity contribution in [1.82, 2.24) is 4.90 Å². The molecule has 5 aliphatic rings. The summed E-state index contributed by atoms with van der Waals surface area (Å²) in [6.07, 6.45) is 5.76. The Morgan fingerprint density at radius 3 is 2.18 bits per heavy atom. The number of amides is 3. The molecule has 5 heteroatoms. The molecule has 3 amide bonds. The van der Waals surface area contributed by atoms with Crippen molar-refractivity contribution in [1.29, 1.82) is 0 Å². The first-order chi connectivity index (χ1) is 15.9. The number of benzene rings is 2. The summed E-state index contributed by atoms with van der Waals surface area (Å²) < 4.78 is 0. The third-order valence-corrected chi connectivity index (χ3v) is 8.36. The number of carbonyl (C=O) groups is 3. The van der Waals surface area contributed by atoms with E-state index in [0.29, 0.717) is 23.9 Å². The van der Waals surface area contributed by atoms with Crippen molar-refractivity contribution >= 4 is 23.4 Å². The Balaban J connectivity index is 1.33. The number of hydrogen-bond acceptors (Lipinski definition) is 3. The largest absolute Gasteiger partial charge is 0.324 e. The number of rotatable bonds is 5. The van der Waals surface area contributed by atoms with E-state index in [1.807, 2.05) is 62.4 Å². The number of nitrogens with one attached hydrogen (secondary N) is 1. The lowest BCUT2D eigenvalue weighted by Crippen LogP contribution is -2.49. The van der Waals surface area contributed by atoms with Gasteiger partial charge in [0.05, 0.1) is 11.8 Å². The van der Waals surface area contributed by atoms with Crippen LogP contribution in [-0.4, -0.2) is 28.7 Å². The number of anilines is 1. The molecule has 2 aromatic carbocycles. The number of nitrogens with zero attached hydrogens (tertiary/aromatic N) is 1. The Kier molecular flexibility index (Phi) is 4.58. The van der Waals surface area contributed by atoms with Gasteiger partial charge in [-0.15, -0.1) is 0 Å². The molecule has 0 spiro atoms. The van der Waals surface area contributed by atoms with Crippen LogP contribution < -0.4 is 5.32 Å². The standard InChI is InChI=1S/C28H28N2O3/c1-15-8-9-18(12-16(15)2)29-26(31)23(13-17-6-4-3-5-7-17)30-27(32)24-19-10-11-20(22-14-21(19)22)25(24)28(30)33/h3-12,19-25H,13-14H2,1-2H3,(H,29,31)/t19-,20-,21-,22+,23-,24-,25+/m0/s1. The van der Waals surface area contributed by atoms with Crippen LogP contribution in [0.15, 0.2) is 60.7 Å². The van der Waals surface area contributed by atoms with Gasteiger partial charge in [0.2, 0.25) is 17.7 Å². The van der Waals surface area contributed by atoms with Crippen LogP contribution in [0.5, 0.6) is 0 Å². The number of aryl methyl sites for hydroxylation is 2. The van der Waals surface area contributed by atoms with E-state index in [1.54, 1.807) is 0 Å². The fourth-order valence-electron chi connectivity index (χ4n) is 6.47. The zero-order valence-corrected chi connectivity index (χ0v) is 18.9. The van der Waals surface area contributed by atoms with Crippen molar-refractivity contribution in [2.24, 2.45) is 35.5 Å². The van der Waals surface area contributed by atoms with Gasteiger partial charge in [0.1, 0.15) is 6.04 Å². The Labute approximate surface area is 193 Å². The molecule has 0 aromatic heterocycles. The number of imide groups is 1. The van der Waals surface area contributed by atoms with Gasteiger partial charge in [-0.3, -0.25) is 19.3 Å². The van der Waals surface area contributed by atoms with E-state index < -0.39 is 6.04 Å². The first-order valence-electron chi connectivity index (χ1n) is 11.9. The van der Waals surface area contributed by atoms with E-state index >= 15 is 0 Å². The lowest BCUT2D eigenvalue weighted by molar-refractivity contribution is -0.146. The van der Waals surface area contributed by atoms with Crippen LogP contribution in [0.2, 0.25) is 0 Å². The third kappa shape index (κ3) is 3.17. The van der Waals surface area contributed by atoms with Crippen molar-refractivity contribution in [2.45, 2.75) is 32.7 Å². The van der Waals surface area contributed by atoms with Gasteiger partial charge in [0.25, 0.3) is 0 Å². The molecular formula is C28H28N2O3. The third-order valence-electron chi connectivity index (χ3n) is 8.36. The zero-order valence-electron chi connectivity index (χ0n) is 18.9. The average molecular weight is 441 g/mol. The van der Waals surface area contributed by atoms with E-state index in [4.69, 9.17) is 0 Å². The molecule has 2 bridgehead atoms. The summed E-state index contributed by atoms with van der Waals surface area (Å²) in [6.45, 7) is 4.02. The Morgan fingerprint density at radius 1 is 0.939 bits per heavy atom. The molecule has 33 heavy (non-hydrogen) atoms. The molecule has 7 atom stereocenters. The molecule has 5 nitrogen and oxygen atoms in total. The molecule has 1 saturated heterocycles. The second-order valence-electron chi connectivity index (χ2n) is 10.2. The lowest BCUT2D eigenvalue weighted by atomic mass is 9.63. The summed E-state index contributed by atoms with van der Waals surface area (Å²) in [4.78, 5) is 42.3. The molecule has 1 heterocycles. The van der Waals surface area contributed by atoms with Gasteiger partial charge in [-0.2, -0.15) is 0 Å². The van der Waals surface area contributed by atoms with E-state index in [0.717, 1.165) is 23.1 Å². The van der Waals surface area contributed by atoms with Gasteiger partial charge in [-0.25, -0.2) is 0 Å². The number of allylic oxidation sites excluding steroid dienone is 2. The molecule has 1 N–H and O–H groups in total. The fraction of sp³-hybridized carbons (Fsp3) is 0.393. The predicted molar refractivity (Wildman–Crippen MR) is 125 cm³/mol. The number of hydrogen-bond donors (Lipinski definition) is 1. The summed E-state index contributed by atoms with van der Waals surface area (Å²) in [5.74, 6) is 0.126. The molecule has 2 aromatic rings. The van der Waals surface area contributed by atoms with Gasteiger partial charge in [0, 0.05) is 12.1 Å². The second-order valence-corrected chi connectivity index (χ2v) is 10.2. The number of likely N-dealkylation sites (tertiary alicyclic amines) is 1. The van der Waals surface area contributed by atoms with E-state index in [2.05, 4.69) is 17.5 Å². The Hall–Kier alpha value is -3.21. The highest BCUT2D eigenvalue weighted by atomic mass is 16.2. The van der Waals surface area contributed by atoms with Gasteiger partial charge in [-0.1, -0.05) is 48.6 Å². The molecule has 7 rings (SSSR count). The number of carbonyl (C=O) groups excluding carboxylic acids is 3. The zero-order chi connectivity index (χ0) is 22.9. The highest BCUT2D eigenvalue weighted by Gasteiger charge is 2.67. The minimum absolute atomic E-state index is 0.145. The minimum Gasteiger partial charge on any atom is -0.324 e. The first kappa shape index (κ1) is 20.4. The molecule has 1 aliphatic heterocycles.